The SMILES string of the molecule is NC(N)=NCCCc1c(O)n(CC(=O)N[C@H](CC(=O)O)C(=O)N[C@H](C(=O)NCCc2ccccc2)c2ccccc2)c(=O)n1Cc1ccccc1. The third kappa shape index (κ3) is 11.1. The Kier molecular flexibility index (Phi) is 13.5. The maximum absolute atomic E-state index is 13.5. The molecule has 0 radical (unpaired) electrons. The Bertz CT molecular complexity index is 1870. The number of hydrogen-bond acceptors (Lipinski definition) is 7. The smallest absolute Gasteiger partial charge is 0.332 e. The van der Waals surface area contributed by atoms with E-state index in [0.29, 0.717) is 18.4 Å². The average Bonchev–Trinajstić information content (AvgIpc) is 3.32. The molecule has 0 aliphatic rings. The fourth-order valence-corrected chi connectivity index (χ4v) is 5.43. The number of nitrogens with one attached hydrogen (secondary N) is 3. The van der Waals surface area contributed by atoms with Crippen LogP contribution >= 0.6 is 0 Å². The number of aliphatic imine (C=N–C) groups is 1. The van der Waals surface area contributed by atoms with Crippen LogP contribution in [0.3, 0.4) is 0 Å². The number of carboxylic acids is 1. The number of rotatable bonds is 18. The molecule has 268 valence electrons. The van der Waals surface area contributed by atoms with Gasteiger partial charge in [0.25, 0.3) is 0 Å². The summed E-state index contributed by atoms with van der Waals surface area (Å²) in [5.41, 5.74) is 12.6. The van der Waals surface area contributed by atoms with Crippen molar-refractivity contribution in [1.82, 2.24) is 25.1 Å². The van der Waals surface area contributed by atoms with Crippen molar-refractivity contribution < 1.29 is 29.4 Å². The summed E-state index contributed by atoms with van der Waals surface area (Å²) in [6.45, 7) is -0.125. The second-order valence-corrected chi connectivity index (χ2v) is 11.7. The van der Waals surface area contributed by atoms with E-state index in [1.54, 1.807) is 54.6 Å². The maximum Gasteiger partial charge on any atom is 0.332 e. The highest BCUT2D eigenvalue weighted by Gasteiger charge is 2.30. The number of aliphatic carboxylic acids is 1. The van der Waals surface area contributed by atoms with Gasteiger partial charge in [-0.2, -0.15) is 0 Å². The maximum atomic E-state index is 13.5. The molecule has 15 nitrogen and oxygen atoms in total. The third-order valence-electron chi connectivity index (χ3n) is 7.92. The molecule has 0 saturated carbocycles. The van der Waals surface area contributed by atoms with Crippen LogP contribution in [-0.4, -0.2) is 68.1 Å². The highest BCUT2D eigenvalue weighted by Crippen LogP contribution is 2.20. The van der Waals surface area contributed by atoms with Crippen LogP contribution in [0.15, 0.2) is 101 Å². The number of carbonyl (C=O) groups is 4. The number of guanidine groups is 1. The zero-order chi connectivity index (χ0) is 36.8. The largest absolute Gasteiger partial charge is 0.493 e. The van der Waals surface area contributed by atoms with Crippen molar-refractivity contribution in [2.75, 3.05) is 13.1 Å². The van der Waals surface area contributed by atoms with Gasteiger partial charge in [-0.1, -0.05) is 91.0 Å². The van der Waals surface area contributed by atoms with E-state index in [4.69, 9.17) is 11.5 Å². The first-order valence-corrected chi connectivity index (χ1v) is 16.3. The lowest BCUT2D eigenvalue weighted by Crippen LogP contribution is -2.52. The molecule has 1 heterocycles. The van der Waals surface area contributed by atoms with Crippen LogP contribution in [0.1, 0.15) is 41.3 Å². The predicted molar refractivity (Wildman–Crippen MR) is 190 cm³/mol. The molecule has 9 N–H and O–H groups in total. The number of nitrogens with two attached hydrogens (primary N) is 2. The molecule has 0 bridgehead atoms. The molecular weight excluding hydrogens is 656 g/mol. The fourth-order valence-electron chi connectivity index (χ4n) is 5.43. The quantitative estimate of drug-likeness (QED) is 0.0441. The van der Waals surface area contributed by atoms with Gasteiger partial charge < -0.3 is 37.6 Å². The minimum atomic E-state index is -1.62. The number of amides is 3. The van der Waals surface area contributed by atoms with Gasteiger partial charge in [0.2, 0.25) is 23.6 Å². The number of imidazole rings is 1. The van der Waals surface area contributed by atoms with Gasteiger partial charge in [-0.25, -0.2) is 4.79 Å². The van der Waals surface area contributed by atoms with E-state index in [1.807, 2.05) is 36.4 Å². The average molecular weight is 699 g/mol. The molecule has 1 aromatic heterocycles. The molecule has 4 rings (SSSR count). The first kappa shape index (κ1) is 37.4. The van der Waals surface area contributed by atoms with Crippen LogP contribution < -0.4 is 33.1 Å². The van der Waals surface area contributed by atoms with Crippen LogP contribution in [0.25, 0.3) is 0 Å². The molecule has 0 fully saturated rings. The van der Waals surface area contributed by atoms with Gasteiger partial charge in [0, 0.05) is 13.1 Å². The van der Waals surface area contributed by atoms with E-state index in [0.717, 1.165) is 15.7 Å². The number of hydrogen-bond donors (Lipinski definition) is 7. The molecule has 2 atom stereocenters. The number of carbonyl (C=O) groups excluding carboxylic acids is 3. The van der Waals surface area contributed by atoms with Gasteiger partial charge in [-0.05, 0) is 36.0 Å². The lowest BCUT2D eigenvalue weighted by atomic mass is 10.0. The molecule has 3 aromatic carbocycles. The van der Waals surface area contributed by atoms with E-state index in [1.165, 1.54) is 4.57 Å². The van der Waals surface area contributed by atoms with Crippen molar-refractivity contribution in [3.05, 3.63) is 124 Å². The Morgan fingerprint density at radius 2 is 1.39 bits per heavy atom. The number of aromatic nitrogens is 2. The van der Waals surface area contributed by atoms with Crippen LogP contribution in [-0.2, 0) is 45.1 Å². The number of aromatic hydroxyl groups is 1. The van der Waals surface area contributed by atoms with Crippen LogP contribution in [0, 0.1) is 0 Å². The van der Waals surface area contributed by atoms with E-state index >= 15 is 0 Å². The molecule has 0 aliphatic carbocycles. The van der Waals surface area contributed by atoms with Gasteiger partial charge in [-0.15, -0.1) is 0 Å². The molecule has 4 aromatic rings. The third-order valence-corrected chi connectivity index (χ3v) is 7.92. The summed E-state index contributed by atoms with van der Waals surface area (Å²) in [5.74, 6) is -4.34. The zero-order valence-corrected chi connectivity index (χ0v) is 27.9. The van der Waals surface area contributed by atoms with Crippen molar-refractivity contribution in [2.24, 2.45) is 16.5 Å². The molecule has 0 saturated heterocycles. The monoisotopic (exact) mass is 698 g/mol. The lowest BCUT2D eigenvalue weighted by molar-refractivity contribution is -0.141. The summed E-state index contributed by atoms with van der Waals surface area (Å²) < 4.78 is 2.17. The van der Waals surface area contributed by atoms with Gasteiger partial charge in [-0.3, -0.25) is 33.3 Å². The summed E-state index contributed by atoms with van der Waals surface area (Å²) in [6.07, 6.45) is 0.286. The molecule has 0 spiro atoms. The van der Waals surface area contributed by atoms with Crippen molar-refractivity contribution in [1.29, 1.82) is 0 Å². The molecule has 3 amide bonds. The molecule has 51 heavy (non-hydrogen) atoms. The highest BCUT2D eigenvalue weighted by molar-refractivity contribution is 5.94. The molecule has 15 heteroatoms. The summed E-state index contributed by atoms with van der Waals surface area (Å²) >= 11 is 0. The van der Waals surface area contributed by atoms with E-state index in [-0.39, 0.29) is 37.7 Å². The molecule has 0 aliphatic heterocycles. The predicted octanol–water partition coefficient (Wildman–Crippen LogP) is 0.786. The normalized spacial score (nSPS) is 11.9. The molecule has 0 unspecified atom stereocenters. The van der Waals surface area contributed by atoms with Crippen molar-refractivity contribution >= 4 is 29.7 Å². The van der Waals surface area contributed by atoms with Crippen molar-refractivity contribution in [3.8, 4) is 5.88 Å². The Morgan fingerprint density at radius 1 is 0.784 bits per heavy atom. The standard InChI is InChI=1S/C36H42N8O7/c37-35(38)40-19-10-17-28-34(50)44(36(51)43(28)22-25-13-6-2-7-14-25)23-29(45)41-27(21-30(46)47)32(48)42-31(26-15-8-3-9-16-26)33(49)39-20-18-24-11-4-1-5-12-24/h1-9,11-16,27,31,50H,10,17-23H2,(H,39,49)(H,41,45)(H,42,48)(H,46,47)(H4,37,38,40)/t27-,31+/m1/s1. The number of carboxylic acid groups (broad SMARTS) is 1. The molecular formula is C36H42N8O7. The van der Waals surface area contributed by atoms with Gasteiger partial charge in [0.1, 0.15) is 18.6 Å². The van der Waals surface area contributed by atoms with Crippen LogP contribution in [0.4, 0.5) is 0 Å². The van der Waals surface area contributed by atoms with Gasteiger partial charge in [0.15, 0.2) is 5.96 Å². The fraction of sp³-hybridized carbons (Fsp3) is 0.278. The minimum absolute atomic E-state index is 0.0951. The Morgan fingerprint density at radius 3 is 2.00 bits per heavy atom. The van der Waals surface area contributed by atoms with Gasteiger partial charge in [0.05, 0.1) is 18.7 Å². The Labute approximate surface area is 294 Å². The zero-order valence-electron chi connectivity index (χ0n) is 27.9. The second kappa shape index (κ2) is 18.4. The summed E-state index contributed by atoms with van der Waals surface area (Å²) in [7, 11) is 0. The summed E-state index contributed by atoms with van der Waals surface area (Å²) in [6, 6.07) is 24.1. The first-order chi connectivity index (χ1) is 24.5. The highest BCUT2D eigenvalue weighted by atomic mass is 16.4. The topological polar surface area (TPSA) is 236 Å². The number of benzene rings is 3. The van der Waals surface area contributed by atoms with E-state index in [9.17, 15) is 34.2 Å². The summed E-state index contributed by atoms with van der Waals surface area (Å²) in [5, 5.41) is 28.5. The minimum Gasteiger partial charge on any atom is -0.493 e. The lowest BCUT2D eigenvalue weighted by Gasteiger charge is -2.23. The van der Waals surface area contributed by atoms with Crippen LogP contribution in [0.2, 0.25) is 0 Å². The first-order valence-electron chi connectivity index (χ1n) is 16.3. The van der Waals surface area contributed by atoms with E-state index < -0.39 is 60.3 Å². The van der Waals surface area contributed by atoms with Crippen molar-refractivity contribution in [3.63, 3.8) is 0 Å². The second-order valence-electron chi connectivity index (χ2n) is 11.7. The number of nitrogens with zero attached hydrogens (tertiary/aromatic N) is 3. The van der Waals surface area contributed by atoms with E-state index in [2.05, 4.69) is 20.9 Å². The van der Waals surface area contributed by atoms with Crippen molar-refractivity contribution in [2.45, 2.75) is 50.9 Å². The Balaban J connectivity index is 1.51. The van der Waals surface area contributed by atoms with Gasteiger partial charge >= 0.3 is 11.7 Å². The Hall–Kier alpha value is -6.38. The van der Waals surface area contributed by atoms with Crippen LogP contribution in [0.5, 0.6) is 5.88 Å². The summed E-state index contributed by atoms with van der Waals surface area (Å²) in [4.78, 5) is 69.4.